The van der Waals surface area contributed by atoms with E-state index in [-0.39, 0.29) is 23.7 Å². The molecule has 0 unspecified atom stereocenters. The molecular formula is C9H8ClF2N3. The van der Waals surface area contributed by atoms with Crippen molar-refractivity contribution in [2.45, 2.75) is 19.4 Å². The van der Waals surface area contributed by atoms with Crippen LogP contribution in [0.15, 0.2) is 6.07 Å². The Kier molecular flexibility index (Phi) is 3.95. The van der Waals surface area contributed by atoms with Crippen molar-refractivity contribution < 1.29 is 8.78 Å². The number of nitrogens with two attached hydrogens (primary N) is 1. The highest BCUT2D eigenvalue weighted by Crippen LogP contribution is 2.26. The number of pyridine rings is 1. The third-order valence-electron chi connectivity index (χ3n) is 1.90. The van der Waals surface area contributed by atoms with Crippen molar-refractivity contribution >= 4 is 11.6 Å². The summed E-state index contributed by atoms with van der Waals surface area (Å²) in [4.78, 5) is 3.51. The average molecular weight is 232 g/mol. The van der Waals surface area contributed by atoms with Gasteiger partial charge in [0.1, 0.15) is 10.8 Å². The first-order valence-electron chi connectivity index (χ1n) is 4.13. The number of hydrogen-bond donors (Lipinski definition) is 1. The van der Waals surface area contributed by atoms with Crippen molar-refractivity contribution in [1.29, 1.82) is 5.26 Å². The zero-order valence-electron chi connectivity index (χ0n) is 7.67. The molecule has 0 saturated heterocycles. The number of alkyl halides is 2. The van der Waals surface area contributed by atoms with E-state index in [0.29, 0.717) is 5.56 Å². The fraction of sp³-hybridized carbons (Fsp3) is 0.333. The number of nitriles is 1. The van der Waals surface area contributed by atoms with Crippen LogP contribution in [0.4, 0.5) is 8.78 Å². The van der Waals surface area contributed by atoms with Crippen LogP contribution in [0.2, 0.25) is 5.15 Å². The highest BCUT2D eigenvalue weighted by Gasteiger charge is 2.18. The smallest absolute Gasteiger partial charge is 0.280 e. The molecule has 0 aliphatic rings. The van der Waals surface area contributed by atoms with Gasteiger partial charge in [-0.3, -0.25) is 0 Å². The summed E-state index contributed by atoms with van der Waals surface area (Å²) in [5.41, 5.74) is 5.53. The van der Waals surface area contributed by atoms with E-state index in [0.717, 1.165) is 0 Å². The molecule has 0 amide bonds. The van der Waals surface area contributed by atoms with Crippen molar-refractivity contribution in [1.82, 2.24) is 4.98 Å². The Morgan fingerprint density at radius 2 is 2.27 bits per heavy atom. The fourth-order valence-electron chi connectivity index (χ4n) is 1.27. The topological polar surface area (TPSA) is 62.7 Å². The van der Waals surface area contributed by atoms with Crippen LogP contribution in [0.25, 0.3) is 0 Å². The molecule has 80 valence electrons. The van der Waals surface area contributed by atoms with Crippen molar-refractivity contribution in [3.05, 3.63) is 28.0 Å². The van der Waals surface area contributed by atoms with Gasteiger partial charge in [0.25, 0.3) is 6.43 Å². The lowest BCUT2D eigenvalue weighted by molar-refractivity contribution is 0.144. The van der Waals surface area contributed by atoms with Gasteiger partial charge in [0, 0.05) is 6.54 Å². The Morgan fingerprint density at radius 1 is 1.60 bits per heavy atom. The van der Waals surface area contributed by atoms with Crippen LogP contribution in [0.3, 0.4) is 0 Å². The second-order valence-electron chi connectivity index (χ2n) is 2.81. The number of hydrogen-bond acceptors (Lipinski definition) is 3. The van der Waals surface area contributed by atoms with E-state index in [9.17, 15) is 8.78 Å². The van der Waals surface area contributed by atoms with Crippen LogP contribution in [0.5, 0.6) is 0 Å². The molecule has 1 heterocycles. The number of aromatic nitrogens is 1. The molecular weight excluding hydrogens is 224 g/mol. The standard InChI is InChI=1S/C9H8ClF2N3/c10-7-3-5(1-2-13)6(4-14)8(15-7)9(11)12/h3,9H,1,4,14H2. The Balaban J connectivity index is 3.33. The molecule has 0 aliphatic heterocycles. The predicted molar refractivity (Wildman–Crippen MR) is 51.4 cm³/mol. The van der Waals surface area contributed by atoms with E-state index in [1.54, 1.807) is 0 Å². The predicted octanol–water partition coefficient (Wildman–Crippen LogP) is 2.20. The van der Waals surface area contributed by atoms with Crippen molar-refractivity contribution in [3.63, 3.8) is 0 Å². The maximum atomic E-state index is 12.6. The van der Waals surface area contributed by atoms with Gasteiger partial charge in [0.2, 0.25) is 0 Å². The summed E-state index contributed by atoms with van der Waals surface area (Å²) in [5.74, 6) is 0. The molecule has 15 heavy (non-hydrogen) atoms. The third kappa shape index (κ3) is 2.61. The van der Waals surface area contributed by atoms with Crippen LogP contribution >= 0.6 is 11.6 Å². The summed E-state index contributed by atoms with van der Waals surface area (Å²) >= 11 is 5.56. The van der Waals surface area contributed by atoms with Gasteiger partial charge in [-0.25, -0.2) is 13.8 Å². The monoisotopic (exact) mass is 231 g/mol. The van der Waals surface area contributed by atoms with E-state index in [1.165, 1.54) is 6.07 Å². The molecule has 0 saturated carbocycles. The Morgan fingerprint density at radius 3 is 2.73 bits per heavy atom. The van der Waals surface area contributed by atoms with Gasteiger partial charge in [0.05, 0.1) is 12.5 Å². The summed E-state index contributed by atoms with van der Waals surface area (Å²) in [5, 5.41) is 8.47. The molecule has 0 atom stereocenters. The minimum atomic E-state index is -2.74. The minimum Gasteiger partial charge on any atom is -0.326 e. The molecule has 0 bridgehead atoms. The van der Waals surface area contributed by atoms with Crippen molar-refractivity contribution in [2.75, 3.05) is 0 Å². The molecule has 1 aromatic rings. The van der Waals surface area contributed by atoms with Gasteiger partial charge in [-0.15, -0.1) is 0 Å². The van der Waals surface area contributed by atoms with Crippen molar-refractivity contribution in [2.24, 2.45) is 5.73 Å². The van der Waals surface area contributed by atoms with Gasteiger partial charge < -0.3 is 5.73 Å². The van der Waals surface area contributed by atoms with Gasteiger partial charge in [0.15, 0.2) is 0 Å². The highest BCUT2D eigenvalue weighted by molar-refractivity contribution is 6.29. The molecule has 2 N–H and O–H groups in total. The first-order valence-corrected chi connectivity index (χ1v) is 4.51. The second kappa shape index (κ2) is 5.01. The molecule has 1 aromatic heterocycles. The maximum Gasteiger partial charge on any atom is 0.280 e. The Bertz CT molecular complexity index is 401. The highest BCUT2D eigenvalue weighted by atomic mass is 35.5. The minimum absolute atomic E-state index is 0.00546. The molecule has 0 aliphatic carbocycles. The summed E-state index contributed by atoms with van der Waals surface area (Å²) in [6.45, 7) is -0.0825. The fourth-order valence-corrected chi connectivity index (χ4v) is 1.49. The number of rotatable bonds is 3. The van der Waals surface area contributed by atoms with E-state index in [4.69, 9.17) is 22.6 Å². The Labute approximate surface area is 90.5 Å². The summed E-state index contributed by atoms with van der Waals surface area (Å²) in [6, 6.07) is 3.25. The van der Waals surface area contributed by atoms with E-state index in [1.807, 2.05) is 6.07 Å². The third-order valence-corrected chi connectivity index (χ3v) is 2.09. The van der Waals surface area contributed by atoms with E-state index < -0.39 is 12.1 Å². The van der Waals surface area contributed by atoms with Crippen LogP contribution in [-0.2, 0) is 13.0 Å². The second-order valence-corrected chi connectivity index (χ2v) is 3.19. The van der Waals surface area contributed by atoms with E-state index in [2.05, 4.69) is 4.98 Å². The number of nitrogens with zero attached hydrogens (tertiary/aromatic N) is 2. The zero-order valence-corrected chi connectivity index (χ0v) is 8.43. The summed E-state index contributed by atoms with van der Waals surface area (Å²) in [7, 11) is 0. The lowest BCUT2D eigenvalue weighted by Crippen LogP contribution is -2.08. The van der Waals surface area contributed by atoms with Crippen molar-refractivity contribution in [3.8, 4) is 6.07 Å². The largest absolute Gasteiger partial charge is 0.326 e. The lowest BCUT2D eigenvalue weighted by atomic mass is 10.0. The summed E-state index contributed by atoms with van der Waals surface area (Å²) < 4.78 is 25.1. The molecule has 1 rings (SSSR count). The van der Waals surface area contributed by atoms with Gasteiger partial charge in [-0.05, 0) is 17.2 Å². The lowest BCUT2D eigenvalue weighted by Gasteiger charge is -2.10. The Hall–Kier alpha value is -1.25. The molecule has 0 radical (unpaired) electrons. The molecule has 0 spiro atoms. The van der Waals surface area contributed by atoms with Crippen LogP contribution in [0, 0.1) is 11.3 Å². The zero-order chi connectivity index (χ0) is 11.4. The molecule has 0 aromatic carbocycles. The molecule has 3 nitrogen and oxygen atoms in total. The SMILES string of the molecule is N#CCc1cc(Cl)nc(C(F)F)c1CN. The first-order chi connectivity index (χ1) is 7.10. The maximum absolute atomic E-state index is 12.6. The van der Waals surface area contributed by atoms with Gasteiger partial charge in [-0.2, -0.15) is 5.26 Å². The molecule has 0 fully saturated rings. The quantitative estimate of drug-likeness (QED) is 0.811. The summed E-state index contributed by atoms with van der Waals surface area (Å²) in [6.07, 6.45) is -2.74. The normalized spacial score (nSPS) is 10.4. The van der Waals surface area contributed by atoms with Crippen LogP contribution in [-0.4, -0.2) is 4.98 Å². The first kappa shape index (κ1) is 11.8. The van der Waals surface area contributed by atoms with Crippen LogP contribution < -0.4 is 5.73 Å². The molecule has 6 heteroatoms. The van der Waals surface area contributed by atoms with Gasteiger partial charge >= 0.3 is 0 Å². The van der Waals surface area contributed by atoms with E-state index >= 15 is 0 Å². The van der Waals surface area contributed by atoms with Crippen LogP contribution in [0.1, 0.15) is 23.2 Å². The number of halogens is 3. The average Bonchev–Trinajstić information content (AvgIpc) is 2.17. The van der Waals surface area contributed by atoms with Gasteiger partial charge in [-0.1, -0.05) is 11.6 Å².